The third-order valence-corrected chi connectivity index (χ3v) is 8.23. The van der Waals surface area contributed by atoms with Crippen LogP contribution in [0.1, 0.15) is 22.3 Å². The summed E-state index contributed by atoms with van der Waals surface area (Å²) in [6.45, 7) is 1.89. The van der Waals surface area contributed by atoms with Crippen molar-refractivity contribution in [1.29, 1.82) is 0 Å². The Morgan fingerprint density at radius 2 is 1.63 bits per heavy atom. The van der Waals surface area contributed by atoms with Crippen molar-refractivity contribution in [3.8, 4) is 11.5 Å². The highest BCUT2D eigenvalue weighted by atomic mass is 16.6. The van der Waals surface area contributed by atoms with Crippen LogP contribution in [0.25, 0.3) is 0 Å². The fraction of sp³-hybridized carbons (Fsp3) is 0.303. The number of carbonyl (C=O) groups excluding carboxylic acids is 1. The van der Waals surface area contributed by atoms with Gasteiger partial charge in [0.05, 0.1) is 20.8 Å². The first-order chi connectivity index (χ1) is 20.8. The lowest BCUT2D eigenvalue weighted by Gasteiger charge is -2.38. The van der Waals surface area contributed by atoms with Crippen LogP contribution in [0.5, 0.6) is 11.5 Å². The normalized spacial score (nSPS) is 25.8. The van der Waals surface area contributed by atoms with Gasteiger partial charge in [0.25, 0.3) is 0 Å². The molecule has 2 amide bonds. The van der Waals surface area contributed by atoms with Crippen molar-refractivity contribution in [2.75, 3.05) is 20.8 Å². The number of hydrogen-bond acceptors (Lipinski definition) is 8. The highest BCUT2D eigenvalue weighted by molar-refractivity contribution is 5.78. The monoisotopic (exact) mass is 585 g/mol. The molecule has 224 valence electrons. The molecule has 0 aliphatic carbocycles. The molecular formula is C33H35N3O7. The van der Waals surface area contributed by atoms with Crippen LogP contribution in [0, 0.1) is 6.92 Å². The minimum absolute atomic E-state index is 0.1000. The Labute approximate surface area is 250 Å². The van der Waals surface area contributed by atoms with E-state index in [-0.39, 0.29) is 12.8 Å². The summed E-state index contributed by atoms with van der Waals surface area (Å²) in [5.41, 5.74) is 3.12. The van der Waals surface area contributed by atoms with Crippen molar-refractivity contribution in [3.63, 3.8) is 0 Å². The SMILES string of the molecule is COc1ccc(C(OC[C@H]2OC(N3C=C4C=CNC4NC3=O)[C@H](O)[C@@H]2O)(c2ccccc2)c2ccc(OC)cc2C)cc1. The third-order valence-electron chi connectivity index (χ3n) is 8.23. The van der Waals surface area contributed by atoms with E-state index in [1.807, 2.05) is 85.8 Å². The van der Waals surface area contributed by atoms with Crippen LogP contribution in [0.3, 0.4) is 0 Å². The number of benzene rings is 3. The van der Waals surface area contributed by atoms with Crippen LogP contribution in [-0.4, -0.2) is 72.7 Å². The minimum Gasteiger partial charge on any atom is -0.497 e. The first-order valence-electron chi connectivity index (χ1n) is 14.1. The Hall–Kier alpha value is -4.35. The molecule has 6 atom stereocenters. The van der Waals surface area contributed by atoms with Gasteiger partial charge >= 0.3 is 6.03 Å². The summed E-state index contributed by atoms with van der Waals surface area (Å²) in [5.74, 6) is 1.41. The van der Waals surface area contributed by atoms with Crippen LogP contribution in [0.2, 0.25) is 0 Å². The summed E-state index contributed by atoms with van der Waals surface area (Å²) >= 11 is 0. The molecule has 10 heteroatoms. The zero-order valence-electron chi connectivity index (χ0n) is 24.1. The largest absolute Gasteiger partial charge is 0.497 e. The number of nitrogens with one attached hydrogen (secondary N) is 2. The van der Waals surface area contributed by atoms with Crippen LogP contribution in [0.15, 0.2) is 96.8 Å². The lowest BCUT2D eigenvalue weighted by Crippen LogP contribution is -2.56. The molecule has 1 saturated heterocycles. The Bertz CT molecular complexity index is 1530. The van der Waals surface area contributed by atoms with Gasteiger partial charge in [-0.2, -0.15) is 0 Å². The molecule has 0 spiro atoms. The van der Waals surface area contributed by atoms with Crippen molar-refractivity contribution in [2.45, 2.75) is 43.2 Å². The van der Waals surface area contributed by atoms with E-state index < -0.39 is 36.2 Å². The number of aryl methyl sites for hydroxylation is 1. The third kappa shape index (κ3) is 5.12. The second kappa shape index (κ2) is 11.7. The van der Waals surface area contributed by atoms with Gasteiger partial charge in [0.1, 0.15) is 41.6 Å². The second-order valence-corrected chi connectivity index (χ2v) is 10.7. The molecule has 4 N–H and O–H groups in total. The quantitative estimate of drug-likeness (QED) is 0.283. The van der Waals surface area contributed by atoms with Gasteiger partial charge in [0.2, 0.25) is 0 Å². The molecule has 10 nitrogen and oxygen atoms in total. The highest BCUT2D eigenvalue weighted by Crippen LogP contribution is 2.44. The second-order valence-electron chi connectivity index (χ2n) is 10.7. The van der Waals surface area contributed by atoms with Gasteiger partial charge in [0.15, 0.2) is 6.23 Å². The predicted molar refractivity (Wildman–Crippen MR) is 158 cm³/mol. The fourth-order valence-electron chi connectivity index (χ4n) is 5.96. The maximum absolute atomic E-state index is 12.9. The van der Waals surface area contributed by atoms with Crippen molar-refractivity contribution in [3.05, 3.63) is 119 Å². The van der Waals surface area contributed by atoms with Crippen molar-refractivity contribution in [2.24, 2.45) is 0 Å². The first kappa shape index (κ1) is 28.8. The number of rotatable bonds is 9. The van der Waals surface area contributed by atoms with Gasteiger partial charge < -0.3 is 39.8 Å². The topological polar surface area (TPSA) is 122 Å². The predicted octanol–water partition coefficient (Wildman–Crippen LogP) is 3.12. The number of aliphatic hydroxyl groups is 2. The van der Waals surface area contributed by atoms with Gasteiger partial charge in [-0.05, 0) is 65.7 Å². The van der Waals surface area contributed by atoms with E-state index in [0.717, 1.165) is 27.8 Å². The minimum atomic E-state index is -1.36. The highest BCUT2D eigenvalue weighted by Gasteiger charge is 2.49. The molecule has 0 bridgehead atoms. The molecule has 6 rings (SSSR count). The molecular weight excluding hydrogens is 550 g/mol. The summed E-state index contributed by atoms with van der Waals surface area (Å²) in [6, 6.07) is 22.8. The zero-order chi connectivity index (χ0) is 30.1. The summed E-state index contributed by atoms with van der Waals surface area (Å²) < 4.78 is 24.0. The molecule has 3 aromatic rings. The first-order valence-corrected chi connectivity index (χ1v) is 14.1. The van der Waals surface area contributed by atoms with Crippen LogP contribution in [-0.2, 0) is 15.1 Å². The fourth-order valence-corrected chi connectivity index (χ4v) is 5.96. The lowest BCUT2D eigenvalue weighted by atomic mass is 9.78. The van der Waals surface area contributed by atoms with Gasteiger partial charge in [-0.25, -0.2) is 4.79 Å². The zero-order valence-corrected chi connectivity index (χ0v) is 24.1. The van der Waals surface area contributed by atoms with Crippen LogP contribution >= 0.6 is 0 Å². The molecule has 3 aliphatic rings. The summed E-state index contributed by atoms with van der Waals surface area (Å²) in [7, 11) is 3.24. The number of urea groups is 1. The molecule has 3 unspecified atom stereocenters. The number of methoxy groups -OCH3 is 2. The van der Waals surface area contributed by atoms with Crippen molar-refractivity contribution >= 4 is 6.03 Å². The van der Waals surface area contributed by atoms with E-state index in [1.54, 1.807) is 26.6 Å². The van der Waals surface area contributed by atoms with Crippen LogP contribution < -0.4 is 20.1 Å². The average Bonchev–Trinajstić information content (AvgIpc) is 3.61. The number of nitrogens with zero attached hydrogens (tertiary/aromatic N) is 1. The number of amides is 2. The number of aliphatic hydroxyl groups excluding tert-OH is 2. The van der Waals surface area contributed by atoms with Gasteiger partial charge in [0, 0.05) is 11.8 Å². The Morgan fingerprint density at radius 3 is 2.33 bits per heavy atom. The van der Waals surface area contributed by atoms with E-state index in [4.69, 9.17) is 18.9 Å². The van der Waals surface area contributed by atoms with E-state index in [1.165, 1.54) is 4.90 Å². The van der Waals surface area contributed by atoms with Gasteiger partial charge in [-0.1, -0.05) is 48.5 Å². The molecule has 43 heavy (non-hydrogen) atoms. The van der Waals surface area contributed by atoms with E-state index >= 15 is 0 Å². The molecule has 3 heterocycles. The summed E-state index contributed by atoms with van der Waals surface area (Å²) in [5, 5.41) is 28.0. The average molecular weight is 586 g/mol. The summed E-state index contributed by atoms with van der Waals surface area (Å²) in [4.78, 5) is 14.2. The van der Waals surface area contributed by atoms with Crippen LogP contribution in [0.4, 0.5) is 4.79 Å². The Kier molecular flexibility index (Phi) is 7.85. The molecule has 0 aromatic heterocycles. The lowest BCUT2D eigenvalue weighted by molar-refractivity contribution is -0.100. The standard InChI is InChI=1S/C33H35N3O7/c1-20-17-25(41-3)13-14-26(20)33(22-7-5-4-6-8-22,23-9-11-24(40-2)12-10-23)42-19-27-28(37)29(38)31(43-27)36-18-21-15-16-34-30(21)35-32(36)39/h4-18,27-31,34,37-38H,19H2,1-3H3,(H,35,39)/t27-,28-,29-,30?,31?,33?/m1/s1. The number of carbonyl (C=O) groups is 1. The van der Waals surface area contributed by atoms with E-state index in [0.29, 0.717) is 11.5 Å². The Morgan fingerprint density at radius 1 is 0.930 bits per heavy atom. The van der Waals surface area contributed by atoms with Gasteiger partial charge in [-0.3, -0.25) is 4.90 Å². The van der Waals surface area contributed by atoms with E-state index in [9.17, 15) is 15.0 Å². The molecule has 0 radical (unpaired) electrons. The number of fused-ring (bicyclic) bond motifs is 1. The number of ether oxygens (including phenoxy) is 4. The summed E-state index contributed by atoms with van der Waals surface area (Å²) in [6.07, 6.45) is 0.123. The maximum Gasteiger partial charge on any atom is 0.325 e. The molecule has 1 fully saturated rings. The molecule has 3 aliphatic heterocycles. The number of hydrogen-bond donors (Lipinski definition) is 4. The van der Waals surface area contributed by atoms with Gasteiger partial charge in [-0.15, -0.1) is 0 Å². The van der Waals surface area contributed by atoms with E-state index in [2.05, 4.69) is 10.6 Å². The smallest absolute Gasteiger partial charge is 0.325 e. The Balaban J connectivity index is 1.38. The molecule has 3 aromatic carbocycles. The van der Waals surface area contributed by atoms with Crippen molar-refractivity contribution in [1.82, 2.24) is 15.5 Å². The molecule has 0 saturated carbocycles. The maximum atomic E-state index is 12.9. The van der Waals surface area contributed by atoms with Crippen molar-refractivity contribution < 1.29 is 34.0 Å².